The molecule has 1 amide bonds. The van der Waals surface area contributed by atoms with E-state index in [2.05, 4.69) is 19.2 Å². The largest absolute Gasteiger partial charge is 0.481 e. The zero-order valence-corrected chi connectivity index (χ0v) is 12.9. The van der Waals surface area contributed by atoms with Crippen LogP contribution in [0.1, 0.15) is 71.6 Å². The molecule has 1 rings (SSSR count). The Hall–Kier alpha value is -1.06. The summed E-state index contributed by atoms with van der Waals surface area (Å²) >= 11 is 0. The topological polar surface area (TPSA) is 66.4 Å². The highest BCUT2D eigenvalue weighted by Gasteiger charge is 2.22. The van der Waals surface area contributed by atoms with Crippen LogP contribution in [0.5, 0.6) is 0 Å². The van der Waals surface area contributed by atoms with Crippen molar-refractivity contribution in [1.29, 1.82) is 0 Å². The number of hydrogen-bond donors (Lipinski definition) is 2. The number of carbonyl (C=O) groups excluding carboxylic acids is 1. The Morgan fingerprint density at radius 3 is 2.25 bits per heavy atom. The highest BCUT2D eigenvalue weighted by atomic mass is 16.4. The molecule has 0 heterocycles. The molecule has 0 bridgehead atoms. The van der Waals surface area contributed by atoms with Crippen LogP contribution < -0.4 is 5.32 Å². The molecule has 0 radical (unpaired) electrons. The van der Waals surface area contributed by atoms with Crippen molar-refractivity contribution in [2.75, 3.05) is 6.54 Å². The summed E-state index contributed by atoms with van der Waals surface area (Å²) in [4.78, 5) is 22.7. The van der Waals surface area contributed by atoms with Gasteiger partial charge in [0.25, 0.3) is 0 Å². The third kappa shape index (κ3) is 6.92. The lowest BCUT2D eigenvalue weighted by Crippen LogP contribution is -2.33. The van der Waals surface area contributed by atoms with Gasteiger partial charge < -0.3 is 10.4 Å². The minimum atomic E-state index is -0.749. The molecule has 0 spiro atoms. The van der Waals surface area contributed by atoms with Crippen molar-refractivity contribution in [3.05, 3.63) is 0 Å². The first-order chi connectivity index (χ1) is 9.41. The van der Waals surface area contributed by atoms with Crippen molar-refractivity contribution in [3.8, 4) is 0 Å². The van der Waals surface area contributed by atoms with Gasteiger partial charge >= 0.3 is 5.97 Å². The molecule has 0 aromatic heterocycles. The van der Waals surface area contributed by atoms with Gasteiger partial charge in [0, 0.05) is 18.9 Å². The number of rotatable bonds is 7. The van der Waals surface area contributed by atoms with Crippen LogP contribution in [0.4, 0.5) is 0 Å². The van der Waals surface area contributed by atoms with E-state index in [9.17, 15) is 9.59 Å². The van der Waals surface area contributed by atoms with Gasteiger partial charge in [-0.3, -0.25) is 9.59 Å². The van der Waals surface area contributed by atoms with Gasteiger partial charge in [-0.05, 0) is 31.1 Å². The fourth-order valence-corrected chi connectivity index (χ4v) is 2.78. The first kappa shape index (κ1) is 17.0. The van der Waals surface area contributed by atoms with Gasteiger partial charge in [0.05, 0.1) is 0 Å². The average Bonchev–Trinajstić information content (AvgIpc) is 2.65. The average molecular weight is 283 g/mol. The molecule has 116 valence electrons. The van der Waals surface area contributed by atoms with Gasteiger partial charge in [0.2, 0.25) is 5.91 Å². The minimum absolute atomic E-state index is 0.0326. The number of aliphatic carboxylic acids is 1. The predicted molar refractivity (Wildman–Crippen MR) is 79.5 cm³/mol. The Bertz CT molecular complexity index is 318. The molecule has 0 aromatic rings. The smallest absolute Gasteiger partial charge is 0.303 e. The van der Waals surface area contributed by atoms with Gasteiger partial charge in [-0.2, -0.15) is 0 Å². The van der Waals surface area contributed by atoms with Gasteiger partial charge in [0.1, 0.15) is 0 Å². The molecule has 0 aliphatic heterocycles. The van der Waals surface area contributed by atoms with Gasteiger partial charge in [-0.25, -0.2) is 0 Å². The molecule has 0 unspecified atom stereocenters. The summed E-state index contributed by atoms with van der Waals surface area (Å²) in [5.74, 6) is -0.360. The SMILES string of the molecule is CC(C)(CCNC(=O)C1CCCCCC1)CCC(=O)O. The summed E-state index contributed by atoms with van der Waals surface area (Å²) in [7, 11) is 0. The maximum absolute atomic E-state index is 12.1. The number of amides is 1. The predicted octanol–water partition coefficient (Wildman–Crippen LogP) is 3.35. The van der Waals surface area contributed by atoms with Crippen molar-refractivity contribution in [2.45, 2.75) is 71.6 Å². The number of carbonyl (C=O) groups is 2. The van der Waals surface area contributed by atoms with Crippen molar-refractivity contribution < 1.29 is 14.7 Å². The van der Waals surface area contributed by atoms with Crippen molar-refractivity contribution in [2.24, 2.45) is 11.3 Å². The van der Waals surface area contributed by atoms with Crippen LogP contribution in [0.25, 0.3) is 0 Å². The molecule has 4 nitrogen and oxygen atoms in total. The summed E-state index contributed by atoms with van der Waals surface area (Å²) < 4.78 is 0. The molecule has 4 heteroatoms. The molecule has 0 aromatic carbocycles. The Morgan fingerprint density at radius 1 is 1.10 bits per heavy atom. The van der Waals surface area contributed by atoms with E-state index in [1.807, 2.05) is 0 Å². The normalized spacial score (nSPS) is 17.5. The first-order valence-corrected chi connectivity index (χ1v) is 7.90. The van der Waals surface area contributed by atoms with Crippen molar-refractivity contribution in [1.82, 2.24) is 5.32 Å². The van der Waals surface area contributed by atoms with Crippen LogP contribution in [-0.4, -0.2) is 23.5 Å². The second-order valence-electron chi connectivity index (χ2n) is 6.79. The standard InChI is InChI=1S/C16H29NO3/c1-16(2,10-9-14(18)19)11-12-17-15(20)13-7-5-3-4-6-8-13/h13H,3-12H2,1-2H3,(H,17,20)(H,18,19). The Morgan fingerprint density at radius 2 is 1.70 bits per heavy atom. The van der Waals surface area contributed by atoms with E-state index in [1.54, 1.807) is 0 Å². The van der Waals surface area contributed by atoms with E-state index in [0.717, 1.165) is 19.3 Å². The molecule has 1 aliphatic carbocycles. The van der Waals surface area contributed by atoms with Crippen LogP contribution in [0.2, 0.25) is 0 Å². The zero-order chi connectivity index (χ0) is 15.0. The zero-order valence-electron chi connectivity index (χ0n) is 12.9. The second kappa shape index (κ2) is 8.28. The molecule has 0 atom stereocenters. The lowest BCUT2D eigenvalue weighted by atomic mass is 9.84. The minimum Gasteiger partial charge on any atom is -0.481 e. The molecular formula is C16H29NO3. The quantitative estimate of drug-likeness (QED) is 0.704. The molecule has 2 N–H and O–H groups in total. The molecular weight excluding hydrogens is 254 g/mol. The van der Waals surface area contributed by atoms with E-state index >= 15 is 0 Å². The highest BCUT2D eigenvalue weighted by Crippen LogP contribution is 2.26. The monoisotopic (exact) mass is 283 g/mol. The van der Waals surface area contributed by atoms with Crippen LogP contribution in [0.3, 0.4) is 0 Å². The summed E-state index contributed by atoms with van der Waals surface area (Å²) in [5.41, 5.74) is -0.0326. The molecule has 1 aliphatic rings. The van der Waals surface area contributed by atoms with Crippen molar-refractivity contribution in [3.63, 3.8) is 0 Å². The maximum Gasteiger partial charge on any atom is 0.303 e. The Labute approximate surface area is 122 Å². The lowest BCUT2D eigenvalue weighted by Gasteiger charge is -2.24. The summed E-state index contributed by atoms with van der Waals surface area (Å²) in [6.45, 7) is 4.78. The molecule has 1 saturated carbocycles. The molecule has 1 fully saturated rings. The molecule has 20 heavy (non-hydrogen) atoms. The van der Waals surface area contributed by atoms with Crippen LogP contribution in [-0.2, 0) is 9.59 Å². The number of carboxylic acid groups (broad SMARTS) is 1. The van der Waals surface area contributed by atoms with E-state index < -0.39 is 5.97 Å². The van der Waals surface area contributed by atoms with Gasteiger partial charge in [-0.15, -0.1) is 0 Å². The van der Waals surface area contributed by atoms with E-state index in [4.69, 9.17) is 5.11 Å². The van der Waals surface area contributed by atoms with E-state index in [1.165, 1.54) is 25.7 Å². The third-order valence-electron chi connectivity index (χ3n) is 4.34. The number of nitrogens with one attached hydrogen (secondary N) is 1. The fraction of sp³-hybridized carbons (Fsp3) is 0.875. The van der Waals surface area contributed by atoms with Crippen LogP contribution in [0, 0.1) is 11.3 Å². The van der Waals surface area contributed by atoms with Crippen LogP contribution >= 0.6 is 0 Å². The summed E-state index contributed by atoms with van der Waals surface area (Å²) in [5, 5.41) is 11.8. The molecule has 0 saturated heterocycles. The van der Waals surface area contributed by atoms with E-state index in [-0.39, 0.29) is 23.7 Å². The van der Waals surface area contributed by atoms with Crippen LogP contribution in [0.15, 0.2) is 0 Å². The van der Waals surface area contributed by atoms with E-state index in [0.29, 0.717) is 13.0 Å². The highest BCUT2D eigenvalue weighted by molar-refractivity contribution is 5.78. The lowest BCUT2D eigenvalue weighted by molar-refractivity contribution is -0.137. The summed E-state index contributed by atoms with van der Waals surface area (Å²) in [6.07, 6.45) is 8.58. The Balaban J connectivity index is 2.24. The number of carboxylic acids is 1. The van der Waals surface area contributed by atoms with Gasteiger partial charge in [0.15, 0.2) is 0 Å². The summed E-state index contributed by atoms with van der Waals surface area (Å²) in [6, 6.07) is 0. The fourth-order valence-electron chi connectivity index (χ4n) is 2.78. The third-order valence-corrected chi connectivity index (χ3v) is 4.34. The van der Waals surface area contributed by atoms with Gasteiger partial charge in [-0.1, -0.05) is 39.5 Å². The maximum atomic E-state index is 12.1. The first-order valence-electron chi connectivity index (χ1n) is 7.90. The number of hydrogen-bond acceptors (Lipinski definition) is 2. The second-order valence-corrected chi connectivity index (χ2v) is 6.79. The van der Waals surface area contributed by atoms with Crippen molar-refractivity contribution >= 4 is 11.9 Å². The Kier molecular flexibility index (Phi) is 7.03.